The van der Waals surface area contributed by atoms with Crippen LogP contribution in [0.5, 0.6) is 5.75 Å². The molecular formula is C22H29ClN2O2. The Balaban J connectivity index is 1.45. The zero-order chi connectivity index (χ0) is 19.2. The second-order valence-corrected chi connectivity index (χ2v) is 7.86. The van der Waals surface area contributed by atoms with E-state index >= 15 is 0 Å². The predicted molar refractivity (Wildman–Crippen MR) is 112 cm³/mol. The van der Waals surface area contributed by atoms with E-state index in [0.29, 0.717) is 19.1 Å². The third kappa shape index (κ3) is 5.61. The minimum atomic E-state index is -0.497. The van der Waals surface area contributed by atoms with Crippen LogP contribution in [0.25, 0.3) is 0 Å². The fourth-order valence-electron chi connectivity index (χ4n) is 3.49. The minimum absolute atomic E-state index is 0.318. The lowest BCUT2D eigenvalue weighted by atomic mass is 10.0. The van der Waals surface area contributed by atoms with Crippen LogP contribution < -0.4 is 9.64 Å². The van der Waals surface area contributed by atoms with E-state index in [4.69, 9.17) is 16.3 Å². The first kappa shape index (κ1) is 20.0. The van der Waals surface area contributed by atoms with Gasteiger partial charge in [0.05, 0.1) is 0 Å². The van der Waals surface area contributed by atoms with Gasteiger partial charge in [0.1, 0.15) is 18.5 Å². The van der Waals surface area contributed by atoms with Crippen LogP contribution in [-0.2, 0) is 0 Å². The Morgan fingerprint density at radius 3 is 2.48 bits per heavy atom. The Morgan fingerprint density at radius 1 is 1.04 bits per heavy atom. The Kier molecular flexibility index (Phi) is 7.00. The standard InChI is InChI=1S/C22H29ClN2O2/c1-17(2)21-8-3-4-9-22(21)27-16-20(26)15-24-10-12-25(13-11-24)19-7-5-6-18(23)14-19/h3-9,14,17,20,26H,10-13,15-16H2,1-2H3/t20-/m0/s1. The number of halogens is 1. The van der Waals surface area contributed by atoms with E-state index in [1.54, 1.807) is 0 Å². The van der Waals surface area contributed by atoms with Gasteiger partial charge in [-0.1, -0.05) is 49.7 Å². The van der Waals surface area contributed by atoms with Gasteiger partial charge in [0.25, 0.3) is 0 Å². The van der Waals surface area contributed by atoms with Crippen molar-refractivity contribution in [2.45, 2.75) is 25.9 Å². The number of nitrogens with zero attached hydrogens (tertiary/aromatic N) is 2. The van der Waals surface area contributed by atoms with Crippen molar-refractivity contribution in [1.82, 2.24) is 4.90 Å². The van der Waals surface area contributed by atoms with Gasteiger partial charge in [-0.25, -0.2) is 0 Å². The highest BCUT2D eigenvalue weighted by Crippen LogP contribution is 2.26. The number of ether oxygens (including phenoxy) is 1. The van der Waals surface area contributed by atoms with E-state index in [1.807, 2.05) is 36.4 Å². The quantitative estimate of drug-likeness (QED) is 0.777. The molecule has 27 heavy (non-hydrogen) atoms. The molecule has 1 heterocycles. The average molecular weight is 389 g/mol. The van der Waals surface area contributed by atoms with Gasteiger partial charge < -0.3 is 14.7 Å². The maximum Gasteiger partial charge on any atom is 0.122 e. The number of rotatable bonds is 7. The van der Waals surface area contributed by atoms with Gasteiger partial charge in [-0.05, 0) is 35.7 Å². The van der Waals surface area contributed by atoms with Gasteiger partial charge in [0, 0.05) is 43.4 Å². The summed E-state index contributed by atoms with van der Waals surface area (Å²) in [6.45, 7) is 8.97. The number of aliphatic hydroxyl groups is 1. The van der Waals surface area contributed by atoms with Crippen LogP contribution in [-0.4, -0.2) is 55.4 Å². The van der Waals surface area contributed by atoms with Crippen LogP contribution in [0.15, 0.2) is 48.5 Å². The number of β-amino-alcohol motifs (C(OH)–C–C–N with tert-alkyl or cyclic N) is 1. The van der Waals surface area contributed by atoms with Gasteiger partial charge in [-0.2, -0.15) is 0 Å². The number of aliphatic hydroxyl groups excluding tert-OH is 1. The molecule has 0 aromatic heterocycles. The van der Waals surface area contributed by atoms with Crippen molar-refractivity contribution in [1.29, 1.82) is 0 Å². The van der Waals surface area contributed by atoms with Crippen molar-refractivity contribution >= 4 is 17.3 Å². The van der Waals surface area contributed by atoms with E-state index in [1.165, 1.54) is 5.56 Å². The molecule has 0 radical (unpaired) electrons. The summed E-state index contributed by atoms with van der Waals surface area (Å²) < 4.78 is 5.90. The summed E-state index contributed by atoms with van der Waals surface area (Å²) in [4.78, 5) is 4.63. The first-order valence-electron chi connectivity index (χ1n) is 9.65. The number of piperazine rings is 1. The van der Waals surface area contributed by atoms with Crippen molar-refractivity contribution < 1.29 is 9.84 Å². The van der Waals surface area contributed by atoms with E-state index < -0.39 is 6.10 Å². The van der Waals surface area contributed by atoms with Crippen molar-refractivity contribution in [3.63, 3.8) is 0 Å². The zero-order valence-corrected chi connectivity index (χ0v) is 16.9. The van der Waals surface area contributed by atoms with Gasteiger partial charge in [0.2, 0.25) is 0 Å². The fraction of sp³-hybridized carbons (Fsp3) is 0.455. The fourth-order valence-corrected chi connectivity index (χ4v) is 3.67. The summed E-state index contributed by atoms with van der Waals surface area (Å²) in [5, 5.41) is 11.2. The van der Waals surface area contributed by atoms with Crippen LogP contribution >= 0.6 is 11.6 Å². The van der Waals surface area contributed by atoms with Gasteiger partial charge in [-0.3, -0.25) is 4.90 Å². The van der Waals surface area contributed by atoms with E-state index in [0.717, 1.165) is 42.6 Å². The smallest absolute Gasteiger partial charge is 0.122 e. The van der Waals surface area contributed by atoms with Crippen molar-refractivity contribution in [2.75, 3.05) is 44.2 Å². The first-order valence-corrected chi connectivity index (χ1v) is 10.0. The Hall–Kier alpha value is -1.75. The van der Waals surface area contributed by atoms with Crippen molar-refractivity contribution in [3.8, 4) is 5.75 Å². The number of hydrogen-bond donors (Lipinski definition) is 1. The summed E-state index contributed by atoms with van der Waals surface area (Å²) in [6, 6.07) is 16.0. The topological polar surface area (TPSA) is 35.9 Å². The lowest BCUT2D eigenvalue weighted by molar-refractivity contribution is 0.0659. The molecule has 146 valence electrons. The highest BCUT2D eigenvalue weighted by molar-refractivity contribution is 6.30. The second-order valence-electron chi connectivity index (χ2n) is 7.42. The molecule has 0 unspecified atom stereocenters. The van der Waals surface area contributed by atoms with Crippen LogP contribution in [0.2, 0.25) is 5.02 Å². The Bertz CT molecular complexity index is 730. The number of para-hydroxylation sites is 1. The summed E-state index contributed by atoms with van der Waals surface area (Å²) in [7, 11) is 0. The largest absolute Gasteiger partial charge is 0.491 e. The normalized spacial score (nSPS) is 16.6. The minimum Gasteiger partial charge on any atom is -0.491 e. The highest BCUT2D eigenvalue weighted by atomic mass is 35.5. The second kappa shape index (κ2) is 9.45. The maximum atomic E-state index is 10.4. The number of anilines is 1. The lowest BCUT2D eigenvalue weighted by Gasteiger charge is -2.37. The molecule has 1 fully saturated rings. The molecule has 2 aromatic carbocycles. The van der Waals surface area contributed by atoms with Gasteiger partial charge >= 0.3 is 0 Å². The summed E-state index contributed by atoms with van der Waals surface area (Å²) >= 11 is 6.09. The third-order valence-electron chi connectivity index (χ3n) is 4.99. The Morgan fingerprint density at radius 2 is 1.78 bits per heavy atom. The molecule has 1 aliphatic heterocycles. The molecule has 0 amide bonds. The predicted octanol–water partition coefficient (Wildman–Crippen LogP) is 4.03. The molecule has 3 rings (SSSR count). The van der Waals surface area contributed by atoms with Crippen molar-refractivity contribution in [2.24, 2.45) is 0 Å². The van der Waals surface area contributed by atoms with Crippen LogP contribution in [0.1, 0.15) is 25.3 Å². The molecule has 0 spiro atoms. The average Bonchev–Trinajstić information content (AvgIpc) is 2.67. The molecule has 1 N–H and O–H groups in total. The SMILES string of the molecule is CC(C)c1ccccc1OC[C@@H](O)CN1CCN(c2cccc(Cl)c2)CC1. The van der Waals surface area contributed by atoms with Crippen LogP contribution in [0, 0.1) is 0 Å². The number of benzene rings is 2. The van der Waals surface area contributed by atoms with E-state index in [-0.39, 0.29) is 0 Å². The summed E-state index contributed by atoms with van der Waals surface area (Å²) in [5.74, 6) is 1.27. The molecule has 0 saturated carbocycles. The molecule has 2 aromatic rings. The molecular weight excluding hydrogens is 360 g/mol. The van der Waals surface area contributed by atoms with Crippen LogP contribution in [0.4, 0.5) is 5.69 Å². The molecule has 0 bridgehead atoms. The molecule has 1 saturated heterocycles. The zero-order valence-electron chi connectivity index (χ0n) is 16.1. The highest BCUT2D eigenvalue weighted by Gasteiger charge is 2.20. The summed E-state index contributed by atoms with van der Waals surface area (Å²) in [6.07, 6.45) is -0.497. The van der Waals surface area contributed by atoms with E-state index in [2.05, 4.69) is 35.8 Å². The Labute approximate surface area is 167 Å². The number of hydrogen-bond acceptors (Lipinski definition) is 4. The maximum absolute atomic E-state index is 10.4. The van der Waals surface area contributed by atoms with Crippen molar-refractivity contribution in [3.05, 3.63) is 59.1 Å². The molecule has 5 heteroatoms. The molecule has 0 aliphatic carbocycles. The van der Waals surface area contributed by atoms with Crippen LogP contribution in [0.3, 0.4) is 0 Å². The molecule has 1 aliphatic rings. The lowest BCUT2D eigenvalue weighted by Crippen LogP contribution is -2.49. The van der Waals surface area contributed by atoms with E-state index in [9.17, 15) is 5.11 Å². The molecule has 1 atom stereocenters. The van der Waals surface area contributed by atoms with Gasteiger partial charge in [0.15, 0.2) is 0 Å². The summed E-state index contributed by atoms with van der Waals surface area (Å²) in [5.41, 5.74) is 2.34. The van der Waals surface area contributed by atoms with Gasteiger partial charge in [-0.15, -0.1) is 0 Å². The first-order chi connectivity index (χ1) is 13.0. The molecule has 4 nitrogen and oxygen atoms in total. The third-order valence-corrected chi connectivity index (χ3v) is 5.22. The monoisotopic (exact) mass is 388 g/mol.